The fraction of sp³-hybridized carbons (Fsp3) is 0.471. The largest absolute Gasteiger partial charge is 0.493 e. The first-order valence-electron chi connectivity index (χ1n) is 7.52. The van der Waals surface area contributed by atoms with E-state index in [0.717, 1.165) is 12.5 Å². The first kappa shape index (κ1) is 19.3. The number of nitriles is 1. The number of benzene rings is 1. The summed E-state index contributed by atoms with van der Waals surface area (Å²) >= 11 is 0. The van der Waals surface area contributed by atoms with Crippen molar-refractivity contribution >= 4 is 17.3 Å². The van der Waals surface area contributed by atoms with E-state index in [9.17, 15) is 25.0 Å². The molecule has 128 valence electrons. The van der Waals surface area contributed by atoms with Crippen LogP contribution in [0.5, 0.6) is 5.75 Å². The highest BCUT2D eigenvalue weighted by molar-refractivity contribution is 6.15. The van der Waals surface area contributed by atoms with Crippen molar-refractivity contribution in [1.29, 1.82) is 5.26 Å². The SMILES string of the molecule is CCCOc1ccc(C(=O)C(C#N)C(=O)C(C)(C)C)c([N+](=O)[O-])c1. The molecule has 1 atom stereocenters. The first-order valence-corrected chi connectivity index (χ1v) is 7.52. The number of carbonyl (C=O) groups is 2. The second kappa shape index (κ2) is 7.68. The zero-order valence-corrected chi connectivity index (χ0v) is 14.2. The van der Waals surface area contributed by atoms with Crippen molar-refractivity contribution in [3.63, 3.8) is 0 Å². The van der Waals surface area contributed by atoms with E-state index in [1.54, 1.807) is 26.8 Å². The summed E-state index contributed by atoms with van der Waals surface area (Å²) in [6, 6.07) is 5.46. The van der Waals surface area contributed by atoms with Crippen LogP contribution in [0.15, 0.2) is 18.2 Å². The molecule has 0 aliphatic rings. The van der Waals surface area contributed by atoms with Gasteiger partial charge in [-0.05, 0) is 18.6 Å². The van der Waals surface area contributed by atoms with E-state index in [4.69, 9.17) is 4.74 Å². The number of Topliss-reactive ketones (excluding diaryl/α,β-unsaturated/α-hetero) is 2. The average Bonchev–Trinajstić information content (AvgIpc) is 2.52. The molecule has 1 aromatic rings. The van der Waals surface area contributed by atoms with Crippen LogP contribution in [-0.4, -0.2) is 23.1 Å². The molecule has 0 bridgehead atoms. The van der Waals surface area contributed by atoms with E-state index in [0.29, 0.717) is 6.61 Å². The van der Waals surface area contributed by atoms with Gasteiger partial charge in [-0.25, -0.2) is 0 Å². The summed E-state index contributed by atoms with van der Waals surface area (Å²) in [6.45, 7) is 7.03. The third-order valence-electron chi connectivity index (χ3n) is 3.30. The van der Waals surface area contributed by atoms with Gasteiger partial charge in [0.05, 0.1) is 29.2 Å². The predicted octanol–water partition coefficient (Wildman–Crippen LogP) is 3.32. The number of nitro groups is 1. The smallest absolute Gasteiger partial charge is 0.283 e. The molecule has 1 aromatic carbocycles. The zero-order valence-electron chi connectivity index (χ0n) is 14.2. The second-order valence-corrected chi connectivity index (χ2v) is 6.33. The Morgan fingerprint density at radius 2 is 2.00 bits per heavy atom. The minimum Gasteiger partial charge on any atom is -0.493 e. The van der Waals surface area contributed by atoms with E-state index in [2.05, 4.69) is 0 Å². The normalized spacial score (nSPS) is 12.1. The Balaban J connectivity index is 3.29. The number of rotatable bonds is 7. The van der Waals surface area contributed by atoms with Gasteiger partial charge in [0.2, 0.25) is 0 Å². The lowest BCUT2D eigenvalue weighted by Crippen LogP contribution is -2.33. The summed E-state index contributed by atoms with van der Waals surface area (Å²) in [5.74, 6) is -2.76. The summed E-state index contributed by atoms with van der Waals surface area (Å²) in [6.07, 6.45) is 0.727. The Morgan fingerprint density at radius 1 is 1.38 bits per heavy atom. The molecule has 0 radical (unpaired) electrons. The van der Waals surface area contributed by atoms with E-state index in [-0.39, 0.29) is 11.3 Å². The molecule has 0 aromatic heterocycles. The van der Waals surface area contributed by atoms with Gasteiger partial charge >= 0.3 is 0 Å². The minimum absolute atomic E-state index is 0.260. The highest BCUT2D eigenvalue weighted by Crippen LogP contribution is 2.29. The molecule has 7 nitrogen and oxygen atoms in total. The Labute approximate surface area is 140 Å². The fourth-order valence-electron chi connectivity index (χ4n) is 2.01. The molecular formula is C17H20N2O5. The molecule has 0 amide bonds. The lowest BCUT2D eigenvalue weighted by molar-refractivity contribution is -0.385. The lowest BCUT2D eigenvalue weighted by atomic mass is 9.80. The molecule has 0 heterocycles. The Hall–Kier alpha value is -2.75. The molecule has 1 unspecified atom stereocenters. The number of ketones is 2. The molecular weight excluding hydrogens is 312 g/mol. The van der Waals surface area contributed by atoms with Crippen molar-refractivity contribution in [2.45, 2.75) is 34.1 Å². The average molecular weight is 332 g/mol. The predicted molar refractivity (Wildman–Crippen MR) is 86.8 cm³/mol. The maximum absolute atomic E-state index is 12.5. The quantitative estimate of drug-likeness (QED) is 0.328. The Kier molecular flexibility index (Phi) is 6.18. The number of ether oxygens (including phenoxy) is 1. The van der Waals surface area contributed by atoms with Gasteiger partial charge in [0.15, 0.2) is 17.5 Å². The maximum atomic E-state index is 12.5. The van der Waals surface area contributed by atoms with Gasteiger partial charge in [0.25, 0.3) is 5.69 Å². The van der Waals surface area contributed by atoms with Crippen molar-refractivity contribution in [3.05, 3.63) is 33.9 Å². The highest BCUT2D eigenvalue weighted by atomic mass is 16.6. The van der Waals surface area contributed by atoms with Gasteiger partial charge in [-0.1, -0.05) is 27.7 Å². The van der Waals surface area contributed by atoms with Crippen molar-refractivity contribution in [3.8, 4) is 11.8 Å². The van der Waals surface area contributed by atoms with Crippen LogP contribution in [0.1, 0.15) is 44.5 Å². The fourth-order valence-corrected chi connectivity index (χ4v) is 2.01. The third kappa shape index (κ3) is 4.38. The van der Waals surface area contributed by atoms with Gasteiger partial charge in [0.1, 0.15) is 5.75 Å². The molecule has 0 spiro atoms. The first-order chi connectivity index (χ1) is 11.1. The van der Waals surface area contributed by atoms with Crippen LogP contribution >= 0.6 is 0 Å². The summed E-state index contributed by atoms with van der Waals surface area (Å²) in [5.41, 5.74) is -1.65. The summed E-state index contributed by atoms with van der Waals surface area (Å²) in [7, 11) is 0. The zero-order chi connectivity index (χ0) is 18.5. The molecule has 1 rings (SSSR count). The van der Waals surface area contributed by atoms with Crippen molar-refractivity contribution in [1.82, 2.24) is 0 Å². The van der Waals surface area contributed by atoms with Crippen LogP contribution in [0.25, 0.3) is 0 Å². The van der Waals surface area contributed by atoms with E-state index in [1.807, 2.05) is 6.92 Å². The Morgan fingerprint density at radius 3 is 2.46 bits per heavy atom. The number of nitro benzene ring substituents is 1. The highest BCUT2D eigenvalue weighted by Gasteiger charge is 2.37. The second-order valence-electron chi connectivity index (χ2n) is 6.33. The molecule has 0 aliphatic carbocycles. The van der Waals surface area contributed by atoms with Crippen LogP contribution in [0.3, 0.4) is 0 Å². The summed E-state index contributed by atoms with van der Waals surface area (Å²) in [5, 5.41) is 20.5. The molecule has 0 N–H and O–H groups in total. The van der Waals surface area contributed by atoms with Gasteiger partial charge in [0, 0.05) is 5.41 Å². The summed E-state index contributed by atoms with van der Waals surface area (Å²) < 4.78 is 5.32. The van der Waals surface area contributed by atoms with Crippen molar-refractivity contribution in [2.24, 2.45) is 11.3 Å². The van der Waals surface area contributed by atoms with E-state index < -0.39 is 33.5 Å². The lowest BCUT2D eigenvalue weighted by Gasteiger charge is -2.19. The number of hydrogen-bond donors (Lipinski definition) is 0. The minimum atomic E-state index is -1.58. The van der Waals surface area contributed by atoms with Crippen LogP contribution in [-0.2, 0) is 4.79 Å². The van der Waals surface area contributed by atoms with Gasteiger partial charge in [-0.2, -0.15) is 5.26 Å². The van der Waals surface area contributed by atoms with Crippen LogP contribution in [0.2, 0.25) is 0 Å². The van der Waals surface area contributed by atoms with Gasteiger partial charge in [-0.3, -0.25) is 19.7 Å². The third-order valence-corrected chi connectivity index (χ3v) is 3.30. The number of carbonyl (C=O) groups excluding carboxylic acids is 2. The monoisotopic (exact) mass is 332 g/mol. The molecule has 7 heteroatoms. The molecule has 0 saturated heterocycles. The molecule has 0 fully saturated rings. The van der Waals surface area contributed by atoms with Gasteiger partial charge in [-0.15, -0.1) is 0 Å². The standard InChI is InChI=1S/C17H20N2O5/c1-5-8-24-11-6-7-12(14(9-11)19(22)23)15(20)13(10-18)16(21)17(2,3)4/h6-7,9,13H,5,8H2,1-4H3. The molecule has 0 aliphatic heterocycles. The molecule has 24 heavy (non-hydrogen) atoms. The van der Waals surface area contributed by atoms with Crippen LogP contribution < -0.4 is 4.74 Å². The topological polar surface area (TPSA) is 110 Å². The maximum Gasteiger partial charge on any atom is 0.283 e. The van der Waals surface area contributed by atoms with Crippen molar-refractivity contribution in [2.75, 3.05) is 6.61 Å². The molecule has 0 saturated carbocycles. The van der Waals surface area contributed by atoms with E-state index in [1.165, 1.54) is 12.1 Å². The summed E-state index contributed by atoms with van der Waals surface area (Å²) in [4.78, 5) is 35.3. The van der Waals surface area contributed by atoms with Gasteiger partial charge < -0.3 is 4.74 Å². The van der Waals surface area contributed by atoms with Crippen LogP contribution in [0.4, 0.5) is 5.69 Å². The van der Waals surface area contributed by atoms with E-state index >= 15 is 0 Å². The number of nitrogens with zero attached hydrogens (tertiary/aromatic N) is 2. The number of hydrogen-bond acceptors (Lipinski definition) is 6. The Bertz CT molecular complexity index is 698. The van der Waals surface area contributed by atoms with Crippen LogP contribution in [0, 0.1) is 32.8 Å². The van der Waals surface area contributed by atoms with Crippen molar-refractivity contribution < 1.29 is 19.2 Å².